The molecule has 3 atom stereocenters. The molecule has 116 valence electrons. The molecule has 1 saturated heterocycles. The van der Waals surface area contributed by atoms with Gasteiger partial charge in [-0.2, -0.15) is 0 Å². The van der Waals surface area contributed by atoms with Crippen molar-refractivity contribution in [2.45, 2.75) is 45.3 Å². The predicted molar refractivity (Wildman–Crippen MR) is 77.2 cm³/mol. The number of rotatable bonds is 4. The maximum atomic E-state index is 11.0. The van der Waals surface area contributed by atoms with Gasteiger partial charge in [0, 0.05) is 31.6 Å². The standard InChI is InChI=1S/C16H23NO4/c1-2-14-12(6-15(21-14)16(19)20)9-17-7-10-3-4-13(18)5-11(10)8-17/h6,10-11,13,18H,2-5,7-9H2,1H3,(H,19,20)/t10-,11+,13-/m0/s1. The van der Waals surface area contributed by atoms with Crippen LogP contribution in [0.25, 0.3) is 0 Å². The Morgan fingerprint density at radius 1 is 1.38 bits per heavy atom. The van der Waals surface area contributed by atoms with Crippen molar-refractivity contribution in [2.24, 2.45) is 11.8 Å². The quantitative estimate of drug-likeness (QED) is 0.889. The number of hydrogen-bond acceptors (Lipinski definition) is 4. The lowest BCUT2D eigenvalue weighted by Gasteiger charge is -2.27. The number of nitrogens with zero attached hydrogens (tertiary/aromatic N) is 1. The molecule has 21 heavy (non-hydrogen) atoms. The lowest BCUT2D eigenvalue weighted by molar-refractivity contribution is 0.0660. The number of carbonyl (C=O) groups is 1. The molecule has 1 saturated carbocycles. The van der Waals surface area contributed by atoms with Crippen LogP contribution in [0.15, 0.2) is 10.5 Å². The molecule has 0 amide bonds. The molecule has 0 unspecified atom stereocenters. The summed E-state index contributed by atoms with van der Waals surface area (Å²) in [5, 5.41) is 18.8. The largest absolute Gasteiger partial charge is 0.475 e. The summed E-state index contributed by atoms with van der Waals surface area (Å²) in [6, 6.07) is 1.66. The number of fused-ring (bicyclic) bond motifs is 1. The van der Waals surface area contributed by atoms with Gasteiger partial charge in [-0.15, -0.1) is 0 Å². The van der Waals surface area contributed by atoms with Gasteiger partial charge in [0.25, 0.3) is 0 Å². The van der Waals surface area contributed by atoms with E-state index in [1.807, 2.05) is 6.92 Å². The molecule has 1 aromatic heterocycles. The second kappa shape index (κ2) is 5.81. The van der Waals surface area contributed by atoms with E-state index in [0.717, 1.165) is 50.2 Å². The Bertz CT molecular complexity index is 524. The normalized spacial score (nSPS) is 29.5. The molecule has 3 rings (SSSR count). The topological polar surface area (TPSA) is 73.9 Å². The van der Waals surface area contributed by atoms with Crippen LogP contribution < -0.4 is 0 Å². The molecule has 5 heteroatoms. The van der Waals surface area contributed by atoms with Crippen LogP contribution in [0.5, 0.6) is 0 Å². The van der Waals surface area contributed by atoms with Crippen molar-refractivity contribution in [2.75, 3.05) is 13.1 Å². The molecule has 2 fully saturated rings. The van der Waals surface area contributed by atoms with E-state index in [0.29, 0.717) is 18.3 Å². The zero-order chi connectivity index (χ0) is 15.0. The van der Waals surface area contributed by atoms with Crippen LogP contribution in [0.3, 0.4) is 0 Å². The molecule has 2 aliphatic rings. The number of furan rings is 1. The zero-order valence-electron chi connectivity index (χ0n) is 12.4. The van der Waals surface area contributed by atoms with Crippen LogP contribution in [0.1, 0.15) is 48.1 Å². The van der Waals surface area contributed by atoms with E-state index in [1.165, 1.54) is 0 Å². The number of aromatic carboxylic acids is 1. The maximum Gasteiger partial charge on any atom is 0.371 e. The minimum absolute atomic E-state index is 0.0360. The van der Waals surface area contributed by atoms with Crippen molar-refractivity contribution < 1.29 is 19.4 Å². The molecule has 0 bridgehead atoms. The van der Waals surface area contributed by atoms with E-state index < -0.39 is 5.97 Å². The van der Waals surface area contributed by atoms with Crippen molar-refractivity contribution >= 4 is 5.97 Å². The second-order valence-electron chi connectivity index (χ2n) is 6.40. The van der Waals surface area contributed by atoms with Gasteiger partial charge in [0.2, 0.25) is 5.76 Å². The van der Waals surface area contributed by atoms with Crippen molar-refractivity contribution in [1.82, 2.24) is 4.90 Å². The number of hydrogen-bond donors (Lipinski definition) is 2. The van der Waals surface area contributed by atoms with Crippen LogP contribution in [0.2, 0.25) is 0 Å². The summed E-state index contributed by atoms with van der Waals surface area (Å²) in [5.41, 5.74) is 0.995. The van der Waals surface area contributed by atoms with Crippen LogP contribution in [0, 0.1) is 11.8 Å². The molecule has 0 spiro atoms. The third kappa shape index (κ3) is 2.99. The summed E-state index contributed by atoms with van der Waals surface area (Å²) in [6.45, 7) is 4.78. The number of aryl methyl sites for hydroxylation is 1. The van der Waals surface area contributed by atoms with Gasteiger partial charge in [-0.1, -0.05) is 6.92 Å². The number of aliphatic hydroxyl groups is 1. The molecule has 0 radical (unpaired) electrons. The Morgan fingerprint density at radius 3 is 2.86 bits per heavy atom. The highest BCUT2D eigenvalue weighted by atomic mass is 16.4. The van der Waals surface area contributed by atoms with Crippen LogP contribution >= 0.6 is 0 Å². The van der Waals surface area contributed by atoms with Crippen molar-refractivity contribution in [1.29, 1.82) is 0 Å². The first-order chi connectivity index (χ1) is 10.1. The van der Waals surface area contributed by atoms with Crippen molar-refractivity contribution in [3.8, 4) is 0 Å². The number of carboxylic acid groups (broad SMARTS) is 1. The summed E-state index contributed by atoms with van der Waals surface area (Å²) in [6.07, 6.45) is 3.51. The molecular weight excluding hydrogens is 270 g/mol. The zero-order valence-corrected chi connectivity index (χ0v) is 12.4. The highest BCUT2D eigenvalue weighted by molar-refractivity contribution is 5.84. The Morgan fingerprint density at radius 2 is 2.14 bits per heavy atom. The average molecular weight is 293 g/mol. The van der Waals surface area contributed by atoms with Crippen molar-refractivity contribution in [3.63, 3.8) is 0 Å². The van der Waals surface area contributed by atoms with E-state index >= 15 is 0 Å². The Labute approximate surface area is 124 Å². The number of likely N-dealkylation sites (tertiary alicyclic amines) is 1. The van der Waals surface area contributed by atoms with Crippen molar-refractivity contribution in [3.05, 3.63) is 23.2 Å². The smallest absolute Gasteiger partial charge is 0.371 e. The van der Waals surface area contributed by atoms with E-state index in [1.54, 1.807) is 6.07 Å². The van der Waals surface area contributed by atoms with Crippen LogP contribution in [-0.4, -0.2) is 40.3 Å². The van der Waals surface area contributed by atoms with Gasteiger partial charge in [-0.3, -0.25) is 4.90 Å². The van der Waals surface area contributed by atoms with Gasteiger partial charge in [0.1, 0.15) is 5.76 Å². The van der Waals surface area contributed by atoms with E-state index in [2.05, 4.69) is 4.90 Å². The highest BCUT2D eigenvalue weighted by Gasteiger charge is 2.37. The number of aliphatic hydroxyl groups excluding tert-OH is 1. The Hall–Kier alpha value is -1.33. The highest BCUT2D eigenvalue weighted by Crippen LogP contribution is 2.37. The molecule has 1 aliphatic carbocycles. The first-order valence-electron chi connectivity index (χ1n) is 7.82. The maximum absolute atomic E-state index is 11.0. The molecular formula is C16H23NO4. The first-order valence-corrected chi connectivity index (χ1v) is 7.82. The average Bonchev–Trinajstić information content (AvgIpc) is 3.02. The number of carboxylic acids is 1. The Balaban J connectivity index is 1.68. The minimum Gasteiger partial charge on any atom is -0.475 e. The molecule has 2 heterocycles. The lowest BCUT2D eigenvalue weighted by atomic mass is 9.80. The van der Waals surface area contributed by atoms with Gasteiger partial charge in [-0.05, 0) is 37.2 Å². The van der Waals surface area contributed by atoms with Gasteiger partial charge in [0.05, 0.1) is 6.10 Å². The van der Waals surface area contributed by atoms with Gasteiger partial charge < -0.3 is 14.6 Å². The predicted octanol–water partition coefficient (Wildman–Crippen LogP) is 2.13. The van der Waals surface area contributed by atoms with Gasteiger partial charge >= 0.3 is 5.97 Å². The third-order valence-electron chi connectivity index (χ3n) is 4.92. The minimum atomic E-state index is -1.01. The monoisotopic (exact) mass is 293 g/mol. The summed E-state index contributed by atoms with van der Waals surface area (Å²) < 4.78 is 5.41. The SMILES string of the molecule is CCc1oc(C(=O)O)cc1CN1C[C@H]2C[C@@H](O)CC[C@H]2C1. The summed E-state index contributed by atoms with van der Waals surface area (Å²) >= 11 is 0. The lowest BCUT2D eigenvalue weighted by Crippen LogP contribution is -2.26. The third-order valence-corrected chi connectivity index (χ3v) is 4.92. The van der Waals surface area contributed by atoms with E-state index in [4.69, 9.17) is 9.52 Å². The van der Waals surface area contributed by atoms with Crippen LogP contribution in [-0.2, 0) is 13.0 Å². The molecule has 1 aliphatic heterocycles. The van der Waals surface area contributed by atoms with E-state index in [-0.39, 0.29) is 11.9 Å². The van der Waals surface area contributed by atoms with Gasteiger partial charge in [-0.25, -0.2) is 4.79 Å². The fourth-order valence-electron chi connectivity index (χ4n) is 3.88. The van der Waals surface area contributed by atoms with Gasteiger partial charge in [0.15, 0.2) is 0 Å². The second-order valence-corrected chi connectivity index (χ2v) is 6.40. The van der Waals surface area contributed by atoms with E-state index in [9.17, 15) is 9.90 Å². The molecule has 2 N–H and O–H groups in total. The molecule has 1 aromatic rings. The first kappa shape index (κ1) is 14.6. The summed E-state index contributed by atoms with van der Waals surface area (Å²) in [4.78, 5) is 13.4. The fourth-order valence-corrected chi connectivity index (χ4v) is 3.88. The molecule has 5 nitrogen and oxygen atoms in total. The Kier molecular flexibility index (Phi) is 4.04. The summed E-state index contributed by atoms with van der Waals surface area (Å²) in [5.74, 6) is 1.08. The fraction of sp³-hybridized carbons (Fsp3) is 0.688. The summed E-state index contributed by atoms with van der Waals surface area (Å²) in [7, 11) is 0. The molecule has 0 aromatic carbocycles. The van der Waals surface area contributed by atoms with Crippen LogP contribution in [0.4, 0.5) is 0 Å².